The topological polar surface area (TPSA) is 79.8 Å². The summed E-state index contributed by atoms with van der Waals surface area (Å²) < 4.78 is 31.9. The molecule has 1 aromatic heterocycles. The molecule has 3 rings (SSSR count). The first-order valence-electron chi connectivity index (χ1n) is 11.5. The Balaban J connectivity index is 1.84. The highest BCUT2D eigenvalue weighted by Gasteiger charge is 2.24. The SMILES string of the molecule is CCN(CC)CCN(C(=O)CCS(=O)(=O)c1ccc(OC)cc1)c1nc2c(C)ccc(C)c2s1. The summed E-state index contributed by atoms with van der Waals surface area (Å²) in [6.07, 6.45) is -0.111. The predicted octanol–water partition coefficient (Wildman–Crippen LogP) is 4.46. The van der Waals surface area contributed by atoms with Gasteiger partial charge in [-0.2, -0.15) is 0 Å². The first-order chi connectivity index (χ1) is 16.2. The van der Waals surface area contributed by atoms with Gasteiger partial charge in [0, 0.05) is 19.5 Å². The van der Waals surface area contributed by atoms with Gasteiger partial charge < -0.3 is 9.64 Å². The van der Waals surface area contributed by atoms with E-state index in [2.05, 4.69) is 24.8 Å². The van der Waals surface area contributed by atoms with E-state index in [-0.39, 0.29) is 23.0 Å². The zero-order valence-corrected chi connectivity index (χ0v) is 22.1. The van der Waals surface area contributed by atoms with Crippen LogP contribution in [-0.4, -0.2) is 63.3 Å². The summed E-state index contributed by atoms with van der Waals surface area (Å²) in [4.78, 5) is 22.2. The zero-order valence-electron chi connectivity index (χ0n) is 20.5. The lowest BCUT2D eigenvalue weighted by molar-refractivity contribution is -0.118. The van der Waals surface area contributed by atoms with Crippen molar-refractivity contribution in [2.75, 3.05) is 43.9 Å². The van der Waals surface area contributed by atoms with Crippen LogP contribution in [0, 0.1) is 13.8 Å². The van der Waals surface area contributed by atoms with Gasteiger partial charge in [0.25, 0.3) is 0 Å². The lowest BCUT2D eigenvalue weighted by Gasteiger charge is -2.24. The van der Waals surface area contributed by atoms with Gasteiger partial charge in [-0.05, 0) is 62.3 Å². The fourth-order valence-corrected chi connectivity index (χ4v) is 6.11. The smallest absolute Gasteiger partial charge is 0.229 e. The minimum absolute atomic E-state index is 0.111. The van der Waals surface area contributed by atoms with E-state index < -0.39 is 9.84 Å². The molecule has 9 heteroatoms. The van der Waals surface area contributed by atoms with Gasteiger partial charge in [0.1, 0.15) is 5.75 Å². The van der Waals surface area contributed by atoms with Crippen molar-refractivity contribution in [1.82, 2.24) is 9.88 Å². The molecule has 184 valence electrons. The number of rotatable bonds is 11. The van der Waals surface area contributed by atoms with Gasteiger partial charge in [-0.25, -0.2) is 13.4 Å². The van der Waals surface area contributed by atoms with E-state index in [1.807, 2.05) is 19.9 Å². The number of amides is 1. The van der Waals surface area contributed by atoms with Crippen LogP contribution in [0.1, 0.15) is 31.4 Å². The number of methoxy groups -OCH3 is 1. The molecule has 3 aromatic rings. The second kappa shape index (κ2) is 11.3. The number of hydrogen-bond acceptors (Lipinski definition) is 7. The third-order valence-electron chi connectivity index (χ3n) is 6.00. The number of nitrogens with zero attached hydrogens (tertiary/aromatic N) is 3. The van der Waals surface area contributed by atoms with Crippen molar-refractivity contribution in [2.24, 2.45) is 0 Å². The zero-order chi connectivity index (χ0) is 24.9. The van der Waals surface area contributed by atoms with E-state index in [9.17, 15) is 13.2 Å². The lowest BCUT2D eigenvalue weighted by atomic mass is 10.1. The average molecular weight is 504 g/mol. The van der Waals surface area contributed by atoms with Crippen LogP contribution in [0.15, 0.2) is 41.3 Å². The molecule has 0 saturated heterocycles. The van der Waals surface area contributed by atoms with Gasteiger partial charge in [0.2, 0.25) is 5.91 Å². The summed E-state index contributed by atoms with van der Waals surface area (Å²) in [5.41, 5.74) is 3.07. The number of carbonyl (C=O) groups is 1. The number of benzene rings is 2. The summed E-state index contributed by atoms with van der Waals surface area (Å²) in [6.45, 7) is 11.1. The fourth-order valence-electron chi connectivity index (χ4n) is 3.73. The van der Waals surface area contributed by atoms with E-state index >= 15 is 0 Å². The molecule has 0 aliphatic rings. The number of likely N-dealkylation sites (N-methyl/N-ethyl adjacent to an activating group) is 1. The van der Waals surface area contributed by atoms with Crippen LogP contribution in [0.4, 0.5) is 5.13 Å². The maximum absolute atomic E-state index is 13.3. The first-order valence-corrected chi connectivity index (χ1v) is 13.9. The third kappa shape index (κ3) is 5.95. The summed E-state index contributed by atoms with van der Waals surface area (Å²) in [7, 11) is -2.08. The Bertz CT molecular complexity index is 1190. The number of carbonyl (C=O) groups excluding carboxylic acids is 1. The molecular formula is C25H33N3O4S2. The van der Waals surface area contributed by atoms with E-state index in [0.717, 1.165) is 34.4 Å². The number of hydrogen-bond donors (Lipinski definition) is 0. The maximum atomic E-state index is 13.3. The Morgan fingerprint density at radius 3 is 2.24 bits per heavy atom. The third-order valence-corrected chi connectivity index (χ3v) is 8.95. The van der Waals surface area contributed by atoms with Crippen molar-refractivity contribution in [1.29, 1.82) is 0 Å². The van der Waals surface area contributed by atoms with Crippen LogP contribution in [-0.2, 0) is 14.6 Å². The molecule has 0 unspecified atom stereocenters. The van der Waals surface area contributed by atoms with Gasteiger partial charge in [0.05, 0.1) is 28.0 Å². The number of aromatic nitrogens is 1. The van der Waals surface area contributed by atoms with Crippen LogP contribution < -0.4 is 9.64 Å². The standard InChI is InChI=1S/C25H33N3O4S2/c1-6-27(7-2)15-16-28(25-26-23-18(3)8-9-19(4)24(23)33-25)22(29)14-17-34(30,31)21-12-10-20(32-5)11-13-21/h8-13H,6-7,14-17H2,1-5H3. The van der Waals surface area contributed by atoms with Crippen LogP contribution in [0.3, 0.4) is 0 Å². The number of anilines is 1. The molecule has 34 heavy (non-hydrogen) atoms. The molecule has 0 bridgehead atoms. The molecule has 0 aliphatic carbocycles. The lowest BCUT2D eigenvalue weighted by Crippen LogP contribution is -2.39. The summed E-state index contributed by atoms with van der Waals surface area (Å²) >= 11 is 1.49. The molecule has 1 heterocycles. The molecule has 7 nitrogen and oxygen atoms in total. The normalized spacial score (nSPS) is 11.8. The monoisotopic (exact) mass is 503 g/mol. The molecule has 1 amide bonds. The molecule has 0 atom stereocenters. The Morgan fingerprint density at radius 1 is 1.00 bits per heavy atom. The van der Waals surface area contributed by atoms with Crippen molar-refractivity contribution in [3.8, 4) is 5.75 Å². The highest BCUT2D eigenvalue weighted by Crippen LogP contribution is 2.33. The Kier molecular flexibility index (Phi) is 8.67. The minimum Gasteiger partial charge on any atom is -0.497 e. The van der Waals surface area contributed by atoms with Gasteiger partial charge in [-0.15, -0.1) is 0 Å². The van der Waals surface area contributed by atoms with Crippen molar-refractivity contribution in [2.45, 2.75) is 39.0 Å². The van der Waals surface area contributed by atoms with Gasteiger partial charge in [-0.1, -0.05) is 37.3 Å². The summed E-state index contributed by atoms with van der Waals surface area (Å²) in [6, 6.07) is 10.3. The number of aryl methyl sites for hydroxylation is 2. The first kappa shape index (κ1) is 26.1. The van der Waals surface area contributed by atoms with Crippen molar-refractivity contribution in [3.63, 3.8) is 0 Å². The van der Waals surface area contributed by atoms with Crippen LogP contribution in [0.25, 0.3) is 10.2 Å². The highest BCUT2D eigenvalue weighted by atomic mass is 32.2. The summed E-state index contributed by atoms with van der Waals surface area (Å²) in [5, 5.41) is 0.617. The largest absolute Gasteiger partial charge is 0.497 e. The van der Waals surface area contributed by atoms with Crippen molar-refractivity contribution >= 4 is 42.4 Å². The molecule has 0 N–H and O–H groups in total. The Labute approximate surface area is 206 Å². The van der Waals surface area contributed by atoms with Crippen LogP contribution in [0.2, 0.25) is 0 Å². The molecular weight excluding hydrogens is 470 g/mol. The number of thiazole rings is 1. The van der Waals surface area contributed by atoms with Crippen LogP contribution >= 0.6 is 11.3 Å². The fraction of sp³-hybridized carbons (Fsp3) is 0.440. The average Bonchev–Trinajstić information content (AvgIpc) is 3.29. The van der Waals surface area contributed by atoms with Gasteiger partial charge >= 0.3 is 0 Å². The number of ether oxygens (including phenoxy) is 1. The maximum Gasteiger partial charge on any atom is 0.229 e. The van der Waals surface area contributed by atoms with Gasteiger partial charge in [-0.3, -0.25) is 9.69 Å². The van der Waals surface area contributed by atoms with Crippen molar-refractivity contribution in [3.05, 3.63) is 47.5 Å². The molecule has 2 aromatic carbocycles. The van der Waals surface area contributed by atoms with E-state index in [0.29, 0.717) is 24.0 Å². The minimum atomic E-state index is -3.61. The second-order valence-corrected chi connectivity index (χ2v) is 11.3. The predicted molar refractivity (Wildman–Crippen MR) is 139 cm³/mol. The molecule has 0 saturated carbocycles. The summed E-state index contributed by atoms with van der Waals surface area (Å²) in [5.74, 6) is 0.0840. The second-order valence-electron chi connectivity index (χ2n) is 8.19. The quantitative estimate of drug-likeness (QED) is 0.384. The molecule has 0 fully saturated rings. The van der Waals surface area contributed by atoms with Gasteiger partial charge in [0.15, 0.2) is 15.0 Å². The molecule has 0 aliphatic heterocycles. The van der Waals surface area contributed by atoms with E-state index in [1.165, 1.54) is 30.6 Å². The van der Waals surface area contributed by atoms with Crippen molar-refractivity contribution < 1.29 is 17.9 Å². The number of fused-ring (bicyclic) bond motifs is 1. The number of sulfone groups is 1. The highest BCUT2D eigenvalue weighted by molar-refractivity contribution is 7.91. The van der Waals surface area contributed by atoms with E-state index in [4.69, 9.17) is 9.72 Å². The molecule has 0 radical (unpaired) electrons. The Morgan fingerprint density at radius 2 is 1.65 bits per heavy atom. The van der Waals surface area contributed by atoms with E-state index in [1.54, 1.807) is 17.0 Å². The Hall–Kier alpha value is -2.49. The van der Waals surface area contributed by atoms with Crippen LogP contribution in [0.5, 0.6) is 5.75 Å². The molecule has 0 spiro atoms.